The smallest absolute Gasteiger partial charge is 0.408 e. The zero-order chi connectivity index (χ0) is 31.3. The number of aromatic nitrogens is 2. The van der Waals surface area contributed by atoms with Crippen molar-refractivity contribution in [3.05, 3.63) is 84.3 Å². The predicted molar refractivity (Wildman–Crippen MR) is 162 cm³/mol. The maximum Gasteiger partial charge on any atom is 0.408 e. The van der Waals surface area contributed by atoms with Crippen LogP contribution in [0, 0.1) is 0 Å². The summed E-state index contributed by atoms with van der Waals surface area (Å²) in [7, 11) is 0. The van der Waals surface area contributed by atoms with E-state index in [1.807, 2.05) is 30.3 Å². The largest absolute Gasteiger partial charge is 0.444 e. The summed E-state index contributed by atoms with van der Waals surface area (Å²) in [5.74, 6) is -0.927. The molecule has 0 spiro atoms. The molecular formula is C32H40N6O5. The Kier molecular flexibility index (Phi) is 9.34. The Morgan fingerprint density at radius 2 is 1.67 bits per heavy atom. The third-order valence-electron chi connectivity index (χ3n) is 7.32. The van der Waals surface area contributed by atoms with E-state index in [2.05, 4.69) is 26.3 Å². The second kappa shape index (κ2) is 12.8. The third-order valence-corrected chi connectivity index (χ3v) is 7.32. The number of alkyl carbamates (subject to hydrolysis) is 1. The molecule has 1 aliphatic heterocycles. The number of hydrogen-bond acceptors (Lipinski definition) is 7. The lowest BCUT2D eigenvalue weighted by molar-refractivity contribution is -0.130. The van der Waals surface area contributed by atoms with Crippen LogP contribution in [0.1, 0.15) is 64.6 Å². The highest BCUT2D eigenvalue weighted by molar-refractivity contribution is 5.99. The topological polar surface area (TPSA) is 143 Å². The quantitative estimate of drug-likeness (QED) is 0.265. The normalized spacial score (nSPS) is 17.3. The van der Waals surface area contributed by atoms with Crippen molar-refractivity contribution < 1.29 is 23.9 Å². The Morgan fingerprint density at radius 1 is 1.02 bits per heavy atom. The van der Waals surface area contributed by atoms with Gasteiger partial charge in [-0.1, -0.05) is 60.7 Å². The van der Waals surface area contributed by atoms with E-state index >= 15 is 0 Å². The highest BCUT2D eigenvalue weighted by Gasteiger charge is 2.44. The van der Waals surface area contributed by atoms with Crippen molar-refractivity contribution in [1.29, 1.82) is 0 Å². The molecule has 2 aromatic carbocycles. The third kappa shape index (κ3) is 7.29. The number of anilines is 1. The first-order valence-electron chi connectivity index (χ1n) is 14.3. The first-order chi connectivity index (χ1) is 20.4. The van der Waals surface area contributed by atoms with E-state index < -0.39 is 40.6 Å². The molecule has 3 amide bonds. The Labute approximate surface area is 251 Å². The van der Waals surface area contributed by atoms with Crippen LogP contribution in [0.15, 0.2) is 73.2 Å². The molecule has 3 atom stereocenters. The molecule has 4 rings (SSSR count). The number of hydrogen-bond donors (Lipinski definition) is 4. The van der Waals surface area contributed by atoms with Crippen LogP contribution in [-0.4, -0.2) is 57.5 Å². The number of carbonyl (C=O) groups excluding carboxylic acids is 4. The van der Waals surface area contributed by atoms with Crippen molar-refractivity contribution >= 4 is 30.0 Å². The van der Waals surface area contributed by atoms with E-state index in [0.717, 1.165) is 31.2 Å². The van der Waals surface area contributed by atoms with Crippen LogP contribution in [0.25, 0.3) is 0 Å². The summed E-state index contributed by atoms with van der Waals surface area (Å²) in [5, 5.41) is 11.6. The minimum Gasteiger partial charge on any atom is -0.444 e. The second-order valence-electron chi connectivity index (χ2n) is 12.2. The van der Waals surface area contributed by atoms with Gasteiger partial charge in [0.2, 0.25) is 5.91 Å². The molecule has 0 saturated carbocycles. The van der Waals surface area contributed by atoms with Crippen LogP contribution in [0.5, 0.6) is 0 Å². The maximum absolute atomic E-state index is 13.7. The lowest BCUT2D eigenvalue weighted by Gasteiger charge is -2.36. The van der Waals surface area contributed by atoms with Gasteiger partial charge in [-0.15, -0.1) is 0 Å². The minimum atomic E-state index is -1.40. The van der Waals surface area contributed by atoms with Crippen molar-refractivity contribution in [1.82, 2.24) is 25.5 Å². The average molecular weight is 589 g/mol. The van der Waals surface area contributed by atoms with Crippen LogP contribution in [0.4, 0.5) is 10.6 Å². The Morgan fingerprint density at radius 3 is 2.26 bits per heavy atom. The lowest BCUT2D eigenvalue weighted by atomic mass is 9.82. The van der Waals surface area contributed by atoms with Crippen LogP contribution < -0.4 is 21.3 Å². The maximum atomic E-state index is 13.7. The molecule has 11 heteroatoms. The van der Waals surface area contributed by atoms with Gasteiger partial charge < -0.3 is 35.4 Å². The van der Waals surface area contributed by atoms with Crippen LogP contribution in [0.2, 0.25) is 0 Å². The van der Waals surface area contributed by atoms with E-state index in [-0.39, 0.29) is 11.9 Å². The fourth-order valence-electron chi connectivity index (χ4n) is 5.17. The molecule has 2 unspecified atom stereocenters. The molecule has 0 bridgehead atoms. The van der Waals surface area contributed by atoms with Gasteiger partial charge >= 0.3 is 6.09 Å². The zero-order valence-electron chi connectivity index (χ0n) is 25.2. The predicted octanol–water partition coefficient (Wildman–Crippen LogP) is 3.68. The Hall–Kier alpha value is -4.51. The fraction of sp³-hybridized carbons (Fsp3) is 0.406. The highest BCUT2D eigenvalue weighted by atomic mass is 16.6. The summed E-state index contributed by atoms with van der Waals surface area (Å²) >= 11 is 0. The molecule has 11 nitrogen and oxygen atoms in total. The number of benzene rings is 2. The van der Waals surface area contributed by atoms with Crippen LogP contribution in [-0.2, 0) is 24.7 Å². The summed E-state index contributed by atoms with van der Waals surface area (Å²) in [6.07, 6.45) is 5.04. The van der Waals surface area contributed by atoms with Crippen molar-refractivity contribution in [2.45, 2.75) is 76.2 Å². The van der Waals surface area contributed by atoms with E-state index in [9.17, 15) is 19.2 Å². The summed E-state index contributed by atoms with van der Waals surface area (Å²) in [5.41, 5.74) is -1.89. The molecule has 0 aliphatic carbocycles. The average Bonchev–Trinajstić information content (AvgIpc) is 3.66. The van der Waals surface area contributed by atoms with E-state index in [1.165, 1.54) is 20.2 Å². The second-order valence-corrected chi connectivity index (χ2v) is 12.2. The van der Waals surface area contributed by atoms with Gasteiger partial charge in [-0.3, -0.25) is 9.59 Å². The molecular weight excluding hydrogens is 548 g/mol. The SMILES string of the molecule is CC(C)(C)OC(=O)NC(C)(C)C(=O)NC(C(=O)Nc1cn([C@](C=O)(c2ccccc2)C2CCCN2)cn1)c1ccccc1. The van der Waals surface area contributed by atoms with Gasteiger partial charge in [0, 0.05) is 12.2 Å². The van der Waals surface area contributed by atoms with Gasteiger partial charge in [-0.2, -0.15) is 0 Å². The van der Waals surface area contributed by atoms with E-state index in [4.69, 9.17) is 4.74 Å². The summed E-state index contributed by atoms with van der Waals surface area (Å²) < 4.78 is 7.02. The fourth-order valence-corrected chi connectivity index (χ4v) is 5.17. The molecule has 1 saturated heterocycles. The molecule has 43 heavy (non-hydrogen) atoms. The monoisotopic (exact) mass is 588 g/mol. The van der Waals surface area contributed by atoms with Crippen molar-refractivity contribution in [2.75, 3.05) is 11.9 Å². The summed E-state index contributed by atoms with van der Waals surface area (Å²) in [6, 6.07) is 16.9. The number of aldehydes is 1. The molecule has 1 aromatic heterocycles. The van der Waals surface area contributed by atoms with Gasteiger partial charge in [-0.25, -0.2) is 9.78 Å². The number of ether oxygens (including phenoxy) is 1. The van der Waals surface area contributed by atoms with Crippen LogP contribution in [0.3, 0.4) is 0 Å². The Balaban J connectivity index is 1.58. The molecule has 4 N–H and O–H groups in total. The lowest BCUT2D eigenvalue weighted by Crippen LogP contribution is -2.57. The first kappa shape index (κ1) is 31.4. The zero-order valence-corrected chi connectivity index (χ0v) is 25.2. The van der Waals surface area contributed by atoms with E-state index in [1.54, 1.807) is 61.9 Å². The van der Waals surface area contributed by atoms with Gasteiger partial charge in [0.25, 0.3) is 5.91 Å². The number of amides is 3. The molecule has 1 aliphatic rings. The highest BCUT2D eigenvalue weighted by Crippen LogP contribution is 2.33. The van der Waals surface area contributed by atoms with Crippen molar-refractivity contribution in [2.24, 2.45) is 0 Å². The minimum absolute atomic E-state index is 0.166. The van der Waals surface area contributed by atoms with Crippen molar-refractivity contribution in [3.63, 3.8) is 0 Å². The van der Waals surface area contributed by atoms with Gasteiger partial charge in [0.1, 0.15) is 22.7 Å². The number of imidazole rings is 1. The van der Waals surface area contributed by atoms with Gasteiger partial charge in [-0.05, 0) is 65.1 Å². The molecule has 1 fully saturated rings. The summed E-state index contributed by atoms with van der Waals surface area (Å²) in [4.78, 5) is 56.7. The first-order valence-corrected chi connectivity index (χ1v) is 14.3. The van der Waals surface area contributed by atoms with Gasteiger partial charge in [0.05, 0.1) is 6.33 Å². The van der Waals surface area contributed by atoms with Crippen molar-refractivity contribution in [3.8, 4) is 0 Å². The Bertz CT molecular complexity index is 1430. The number of nitrogens with zero attached hydrogens (tertiary/aromatic N) is 2. The van der Waals surface area contributed by atoms with E-state index in [0.29, 0.717) is 5.56 Å². The molecule has 2 heterocycles. The number of carbonyl (C=O) groups is 4. The number of rotatable bonds is 10. The standard InChI is InChI=1S/C32H40N6O5/c1-30(2,3)43-29(42)37-31(4,5)28(41)36-26(22-13-8-6-9-14-22)27(40)35-25-19-38(21-34-25)32(20-39,24-17-12-18-33-24)23-15-10-7-11-16-23/h6-11,13-16,19-21,24,26,33H,12,17-18H2,1-5H3,(H,35,40)(H,36,41)(H,37,42)/t24?,26?,32-/m1/s1. The molecule has 228 valence electrons. The molecule has 3 aromatic rings. The number of nitrogens with one attached hydrogen (secondary N) is 4. The van der Waals surface area contributed by atoms with Crippen LogP contribution >= 0.6 is 0 Å². The van der Waals surface area contributed by atoms with Gasteiger partial charge in [0.15, 0.2) is 12.1 Å². The molecule has 0 radical (unpaired) electrons. The summed E-state index contributed by atoms with van der Waals surface area (Å²) in [6.45, 7) is 9.00.